The lowest BCUT2D eigenvalue weighted by molar-refractivity contribution is 0.102. The Kier molecular flexibility index (Phi) is 5.83. The lowest BCUT2D eigenvalue weighted by Crippen LogP contribution is -2.46. The van der Waals surface area contributed by atoms with Crippen LogP contribution in [0.25, 0.3) is 10.2 Å². The Balaban J connectivity index is 1.50. The highest BCUT2D eigenvalue weighted by Gasteiger charge is 2.20. The molecular formula is C21H22F2N4O2S. The maximum absolute atomic E-state index is 14.7. The minimum Gasteiger partial charge on any atom is -0.494 e. The summed E-state index contributed by atoms with van der Waals surface area (Å²) in [6.45, 7) is 6.38. The quantitative estimate of drug-likeness (QED) is 0.661. The summed E-state index contributed by atoms with van der Waals surface area (Å²) >= 11 is 1.13. The number of ether oxygens (including phenoxy) is 1. The van der Waals surface area contributed by atoms with Crippen LogP contribution in [0.5, 0.6) is 5.75 Å². The summed E-state index contributed by atoms with van der Waals surface area (Å²) < 4.78 is 34.1. The fraction of sp³-hybridized carbons (Fsp3) is 0.333. The number of amides is 1. The van der Waals surface area contributed by atoms with Gasteiger partial charge in [-0.25, -0.2) is 13.8 Å². The van der Waals surface area contributed by atoms with Gasteiger partial charge < -0.3 is 14.5 Å². The van der Waals surface area contributed by atoms with E-state index >= 15 is 0 Å². The van der Waals surface area contributed by atoms with Crippen molar-refractivity contribution < 1.29 is 18.3 Å². The summed E-state index contributed by atoms with van der Waals surface area (Å²) in [5, 5.41) is 2.95. The van der Waals surface area contributed by atoms with E-state index < -0.39 is 17.5 Å². The minimum absolute atomic E-state index is 0.195. The maximum Gasteiger partial charge on any atom is 0.257 e. The second-order valence-electron chi connectivity index (χ2n) is 7.02. The monoisotopic (exact) mass is 432 g/mol. The van der Waals surface area contributed by atoms with Crippen LogP contribution in [0.15, 0.2) is 30.3 Å². The molecule has 1 aliphatic heterocycles. The zero-order valence-electron chi connectivity index (χ0n) is 16.7. The molecule has 1 saturated heterocycles. The molecule has 1 fully saturated rings. The number of rotatable bonds is 5. The average molecular weight is 432 g/mol. The molecule has 30 heavy (non-hydrogen) atoms. The van der Waals surface area contributed by atoms with Crippen molar-refractivity contribution >= 4 is 38.3 Å². The molecule has 2 aromatic carbocycles. The first-order valence-corrected chi connectivity index (χ1v) is 10.5. The van der Waals surface area contributed by atoms with Crippen molar-refractivity contribution in [3.8, 4) is 5.75 Å². The van der Waals surface area contributed by atoms with Gasteiger partial charge in [-0.2, -0.15) is 0 Å². The zero-order chi connectivity index (χ0) is 21.3. The second kappa shape index (κ2) is 8.53. The minimum atomic E-state index is -0.477. The number of thiazole rings is 1. The van der Waals surface area contributed by atoms with Crippen LogP contribution in [0.1, 0.15) is 17.3 Å². The van der Waals surface area contributed by atoms with Crippen LogP contribution < -0.4 is 15.0 Å². The smallest absolute Gasteiger partial charge is 0.257 e. The van der Waals surface area contributed by atoms with E-state index in [1.807, 2.05) is 4.90 Å². The van der Waals surface area contributed by atoms with Crippen molar-refractivity contribution in [1.29, 1.82) is 0 Å². The second-order valence-corrected chi connectivity index (χ2v) is 8.05. The Bertz CT molecular complexity index is 1080. The van der Waals surface area contributed by atoms with E-state index in [0.29, 0.717) is 26.8 Å². The first-order valence-electron chi connectivity index (χ1n) is 9.70. The number of carbonyl (C=O) groups excluding carboxylic acids is 1. The molecule has 158 valence electrons. The Morgan fingerprint density at radius 2 is 1.97 bits per heavy atom. The maximum atomic E-state index is 14.7. The number of hydrogen-bond donors (Lipinski definition) is 1. The molecule has 0 unspecified atom stereocenters. The molecule has 1 aliphatic rings. The van der Waals surface area contributed by atoms with Crippen molar-refractivity contribution in [2.24, 2.45) is 0 Å². The van der Waals surface area contributed by atoms with Gasteiger partial charge >= 0.3 is 0 Å². The third-order valence-corrected chi connectivity index (χ3v) is 6.15. The number of nitrogens with zero attached hydrogens (tertiary/aromatic N) is 3. The van der Waals surface area contributed by atoms with Crippen molar-refractivity contribution in [2.45, 2.75) is 6.92 Å². The van der Waals surface area contributed by atoms with Gasteiger partial charge in [-0.15, -0.1) is 0 Å². The normalized spacial score (nSPS) is 14.9. The molecule has 1 N–H and O–H groups in total. The molecule has 1 aromatic heterocycles. The predicted octanol–water partition coefficient (Wildman–Crippen LogP) is 3.98. The number of nitrogens with one attached hydrogen (secondary N) is 1. The highest BCUT2D eigenvalue weighted by Crippen LogP contribution is 2.33. The molecule has 4 rings (SSSR count). The third kappa shape index (κ3) is 4.08. The Labute approximate surface area is 177 Å². The molecule has 6 nitrogen and oxygen atoms in total. The number of aromatic nitrogens is 1. The van der Waals surface area contributed by atoms with Crippen LogP contribution >= 0.6 is 11.3 Å². The Hall–Kier alpha value is -2.78. The summed E-state index contributed by atoms with van der Waals surface area (Å²) in [6, 6.07) is 7.06. The molecule has 0 atom stereocenters. The summed E-state index contributed by atoms with van der Waals surface area (Å²) in [5.41, 5.74) is 1.16. The van der Waals surface area contributed by atoms with Gasteiger partial charge in [0.15, 0.2) is 5.13 Å². The topological polar surface area (TPSA) is 57.7 Å². The highest BCUT2D eigenvalue weighted by molar-refractivity contribution is 7.22. The molecule has 9 heteroatoms. The predicted molar refractivity (Wildman–Crippen MR) is 115 cm³/mol. The summed E-state index contributed by atoms with van der Waals surface area (Å²) in [5.74, 6) is -1.06. The molecule has 0 saturated carbocycles. The van der Waals surface area contributed by atoms with Crippen molar-refractivity contribution in [3.05, 3.63) is 47.5 Å². The lowest BCUT2D eigenvalue weighted by atomic mass is 10.1. The lowest BCUT2D eigenvalue weighted by Gasteiger charge is -2.35. The van der Waals surface area contributed by atoms with Crippen LogP contribution in [-0.2, 0) is 0 Å². The Morgan fingerprint density at radius 1 is 1.20 bits per heavy atom. The largest absolute Gasteiger partial charge is 0.494 e. The van der Waals surface area contributed by atoms with E-state index in [4.69, 9.17) is 4.74 Å². The third-order valence-electron chi connectivity index (χ3n) is 5.24. The number of halogens is 2. The van der Waals surface area contributed by atoms with E-state index in [-0.39, 0.29) is 5.56 Å². The number of piperazine rings is 1. The van der Waals surface area contributed by atoms with Crippen LogP contribution in [-0.4, -0.2) is 55.6 Å². The first-order chi connectivity index (χ1) is 14.5. The number of likely N-dealkylation sites (N-methyl/N-ethyl adjacent to an activating group) is 1. The molecular weight excluding hydrogens is 410 g/mol. The fourth-order valence-electron chi connectivity index (χ4n) is 3.55. The molecule has 3 aromatic rings. The number of fused-ring (bicyclic) bond motifs is 1. The van der Waals surface area contributed by atoms with Crippen molar-refractivity contribution in [3.63, 3.8) is 0 Å². The average Bonchev–Trinajstić information content (AvgIpc) is 3.15. The van der Waals surface area contributed by atoms with Crippen LogP contribution in [0, 0.1) is 11.6 Å². The molecule has 0 bridgehead atoms. The van der Waals surface area contributed by atoms with Crippen molar-refractivity contribution in [1.82, 2.24) is 9.88 Å². The van der Waals surface area contributed by atoms with Gasteiger partial charge in [-0.05, 0) is 30.8 Å². The van der Waals surface area contributed by atoms with Crippen LogP contribution in [0.2, 0.25) is 0 Å². The van der Waals surface area contributed by atoms with E-state index in [2.05, 4.69) is 22.1 Å². The van der Waals surface area contributed by atoms with Crippen LogP contribution in [0.3, 0.4) is 0 Å². The van der Waals surface area contributed by atoms with Gasteiger partial charge in [0.25, 0.3) is 5.91 Å². The van der Waals surface area contributed by atoms with Gasteiger partial charge in [-0.3, -0.25) is 10.1 Å². The van der Waals surface area contributed by atoms with Gasteiger partial charge in [0.1, 0.15) is 22.9 Å². The SMILES string of the molecule is CCN1CCN(c2ccc(C(=O)Nc3nc4c(OC)cc(F)cc4s3)cc2F)CC1. The first kappa shape index (κ1) is 20.5. The number of methoxy groups -OCH3 is 1. The zero-order valence-corrected chi connectivity index (χ0v) is 17.6. The number of carbonyl (C=O) groups is 1. The van der Waals surface area contributed by atoms with E-state index in [1.54, 1.807) is 12.1 Å². The Morgan fingerprint density at radius 3 is 2.63 bits per heavy atom. The van der Waals surface area contributed by atoms with Gasteiger partial charge in [0.2, 0.25) is 0 Å². The summed E-state index contributed by atoms with van der Waals surface area (Å²) in [4.78, 5) is 21.2. The fourth-order valence-corrected chi connectivity index (χ4v) is 4.46. The van der Waals surface area contributed by atoms with Crippen LogP contribution in [0.4, 0.5) is 19.6 Å². The molecule has 0 radical (unpaired) electrons. The van der Waals surface area contributed by atoms with E-state index in [1.165, 1.54) is 25.3 Å². The standard InChI is InChI=1S/C21H22F2N4O2S/c1-3-26-6-8-27(9-7-26)16-5-4-13(10-15(16)23)20(28)25-21-24-19-17(29-2)11-14(22)12-18(19)30-21/h4-5,10-12H,3,6-9H2,1-2H3,(H,24,25,28). The summed E-state index contributed by atoms with van der Waals surface area (Å²) in [6.07, 6.45) is 0. The van der Waals surface area contributed by atoms with E-state index in [0.717, 1.165) is 44.1 Å². The number of hydrogen-bond acceptors (Lipinski definition) is 6. The summed E-state index contributed by atoms with van der Waals surface area (Å²) in [7, 11) is 1.43. The van der Waals surface area contributed by atoms with Gasteiger partial charge in [-0.1, -0.05) is 18.3 Å². The molecule has 2 heterocycles. The molecule has 0 spiro atoms. The molecule has 1 amide bonds. The van der Waals surface area contributed by atoms with Crippen molar-refractivity contribution in [2.75, 3.05) is 50.1 Å². The number of anilines is 2. The molecule has 0 aliphatic carbocycles. The number of benzene rings is 2. The van der Waals surface area contributed by atoms with Gasteiger partial charge in [0.05, 0.1) is 17.5 Å². The van der Waals surface area contributed by atoms with E-state index in [9.17, 15) is 13.6 Å². The highest BCUT2D eigenvalue weighted by atomic mass is 32.1. The van der Waals surface area contributed by atoms with Gasteiger partial charge in [0, 0.05) is 37.8 Å².